The Labute approximate surface area is 297 Å². The van der Waals surface area contributed by atoms with Crippen LogP contribution in [0.3, 0.4) is 0 Å². The highest BCUT2D eigenvalue weighted by Gasteiger charge is 2.24. The first-order valence-corrected chi connectivity index (χ1v) is 17.6. The average Bonchev–Trinajstić information content (AvgIpc) is 3.21. The number of hydrogen-bond donors (Lipinski definition) is 0. The molecule has 10 aromatic carbocycles. The minimum absolute atomic E-state index is 1.11. The molecule has 238 valence electrons. The van der Waals surface area contributed by atoms with Crippen molar-refractivity contribution in [3.63, 3.8) is 0 Å². The molecule has 1 heteroatoms. The first-order chi connectivity index (χ1) is 25.3. The molecule has 0 aliphatic rings. The van der Waals surface area contributed by atoms with Crippen molar-refractivity contribution < 1.29 is 0 Å². The van der Waals surface area contributed by atoms with Gasteiger partial charge in [0.1, 0.15) is 0 Å². The minimum Gasteiger partial charge on any atom is -0.309 e. The molecule has 0 bridgehead atoms. The normalized spacial score (nSPS) is 11.5. The molecule has 1 nitrogen and oxygen atoms in total. The summed E-state index contributed by atoms with van der Waals surface area (Å²) < 4.78 is 0. The highest BCUT2D eigenvalue weighted by atomic mass is 15.1. The molecule has 0 unspecified atom stereocenters. The zero-order valence-corrected chi connectivity index (χ0v) is 28.0. The van der Waals surface area contributed by atoms with Crippen LogP contribution in [-0.4, -0.2) is 0 Å². The molecule has 0 fully saturated rings. The maximum absolute atomic E-state index is 2.50. The third-order valence-electron chi connectivity index (χ3n) is 10.4. The van der Waals surface area contributed by atoms with Crippen molar-refractivity contribution in [2.75, 3.05) is 4.90 Å². The van der Waals surface area contributed by atoms with E-state index in [4.69, 9.17) is 0 Å². The summed E-state index contributed by atoms with van der Waals surface area (Å²) in [5.41, 5.74) is 8.26. The molecule has 0 N–H and O–H groups in total. The van der Waals surface area contributed by atoms with Crippen LogP contribution in [0.25, 0.3) is 76.1 Å². The van der Waals surface area contributed by atoms with Gasteiger partial charge in [-0.25, -0.2) is 0 Å². The lowest BCUT2D eigenvalue weighted by molar-refractivity contribution is 1.32. The molecule has 0 amide bonds. The fourth-order valence-electron chi connectivity index (χ4n) is 8.03. The van der Waals surface area contributed by atoms with E-state index in [1.54, 1.807) is 0 Å². The zero-order chi connectivity index (χ0) is 33.7. The zero-order valence-electron chi connectivity index (χ0n) is 28.0. The molecule has 10 aromatic rings. The van der Waals surface area contributed by atoms with Crippen LogP contribution in [0.4, 0.5) is 17.1 Å². The summed E-state index contributed by atoms with van der Waals surface area (Å²) in [4.78, 5) is 2.50. The fraction of sp³-hybridized carbons (Fsp3) is 0. The lowest BCUT2D eigenvalue weighted by Crippen LogP contribution is -2.13. The van der Waals surface area contributed by atoms with Crippen LogP contribution in [0.5, 0.6) is 0 Å². The molecule has 0 spiro atoms. The molecule has 0 heterocycles. The monoisotopic (exact) mass is 647 g/mol. The Balaban J connectivity index is 1.25. The van der Waals surface area contributed by atoms with Gasteiger partial charge in [0.05, 0.1) is 11.4 Å². The summed E-state index contributed by atoms with van der Waals surface area (Å²) in [6.07, 6.45) is 0. The van der Waals surface area contributed by atoms with Crippen molar-refractivity contribution in [3.05, 3.63) is 200 Å². The van der Waals surface area contributed by atoms with E-state index < -0.39 is 0 Å². The van der Waals surface area contributed by atoms with Gasteiger partial charge in [-0.05, 0) is 84.0 Å². The first-order valence-electron chi connectivity index (χ1n) is 17.6. The summed E-state index contributed by atoms with van der Waals surface area (Å²) in [6, 6.07) is 73.1. The van der Waals surface area contributed by atoms with E-state index in [0.29, 0.717) is 0 Å². The van der Waals surface area contributed by atoms with Crippen molar-refractivity contribution in [2.24, 2.45) is 0 Å². The Bertz CT molecular complexity index is 2900. The molecular weight excluding hydrogens is 615 g/mol. The molecule has 10 rings (SSSR count). The van der Waals surface area contributed by atoms with Gasteiger partial charge in [0.25, 0.3) is 0 Å². The van der Waals surface area contributed by atoms with E-state index in [0.717, 1.165) is 11.4 Å². The highest BCUT2D eigenvalue weighted by Crippen LogP contribution is 2.50. The number of rotatable bonds is 5. The summed E-state index contributed by atoms with van der Waals surface area (Å²) >= 11 is 0. The molecule has 0 atom stereocenters. The first kappa shape index (κ1) is 29.2. The van der Waals surface area contributed by atoms with Crippen molar-refractivity contribution >= 4 is 70.9 Å². The maximum Gasteiger partial charge on any atom is 0.0625 e. The van der Waals surface area contributed by atoms with E-state index in [-0.39, 0.29) is 0 Å². The van der Waals surface area contributed by atoms with Gasteiger partial charge in [-0.3, -0.25) is 0 Å². The molecule has 0 saturated heterocycles. The summed E-state index contributed by atoms with van der Waals surface area (Å²) in [5, 5.41) is 12.5. The second kappa shape index (κ2) is 12.0. The summed E-state index contributed by atoms with van der Waals surface area (Å²) in [5.74, 6) is 0. The molecule has 0 aliphatic carbocycles. The Morgan fingerprint density at radius 2 is 0.784 bits per heavy atom. The van der Waals surface area contributed by atoms with E-state index in [1.807, 2.05) is 0 Å². The van der Waals surface area contributed by atoms with E-state index >= 15 is 0 Å². The van der Waals surface area contributed by atoms with Crippen LogP contribution in [0, 0.1) is 0 Å². The van der Waals surface area contributed by atoms with Crippen LogP contribution >= 0.6 is 0 Å². The fourth-order valence-corrected chi connectivity index (χ4v) is 8.03. The molecule has 51 heavy (non-hydrogen) atoms. The van der Waals surface area contributed by atoms with Gasteiger partial charge in [0.2, 0.25) is 0 Å². The number of benzene rings is 10. The van der Waals surface area contributed by atoms with Gasteiger partial charge >= 0.3 is 0 Å². The predicted molar refractivity (Wildman–Crippen MR) is 220 cm³/mol. The van der Waals surface area contributed by atoms with Crippen LogP contribution in [0.2, 0.25) is 0 Å². The number of hydrogen-bond acceptors (Lipinski definition) is 1. The standard InChI is InChI=1S/C50H33N/c1-2-15-38(16-3-1)49-45-22-10-8-20-43(45)44-21-9-11-23-46(44)50(49)51(48-24-12-17-35-13-5-7-19-42(35)48)40-31-29-34(30-32-40)39-28-27-37-26-25-36-14-4-6-18-41(36)47(37)33-39/h1-33H. The lowest BCUT2D eigenvalue weighted by atomic mass is 9.89. The van der Waals surface area contributed by atoms with Crippen LogP contribution in [-0.2, 0) is 0 Å². The number of nitrogens with zero attached hydrogens (tertiary/aromatic N) is 1. The Kier molecular flexibility index (Phi) is 6.89. The van der Waals surface area contributed by atoms with Crippen molar-refractivity contribution in [1.29, 1.82) is 0 Å². The van der Waals surface area contributed by atoms with Gasteiger partial charge in [0, 0.05) is 22.0 Å². The van der Waals surface area contributed by atoms with Crippen molar-refractivity contribution in [2.45, 2.75) is 0 Å². The van der Waals surface area contributed by atoms with Crippen molar-refractivity contribution in [3.8, 4) is 22.3 Å². The van der Waals surface area contributed by atoms with Gasteiger partial charge in [-0.2, -0.15) is 0 Å². The Morgan fingerprint density at radius 1 is 0.275 bits per heavy atom. The minimum atomic E-state index is 1.11. The third-order valence-corrected chi connectivity index (χ3v) is 10.4. The molecule has 0 saturated carbocycles. The molecular formula is C50H33N. The smallest absolute Gasteiger partial charge is 0.0625 e. The molecule has 0 aliphatic heterocycles. The summed E-state index contributed by atoms with van der Waals surface area (Å²) in [6.45, 7) is 0. The van der Waals surface area contributed by atoms with Crippen molar-refractivity contribution in [1.82, 2.24) is 0 Å². The SMILES string of the molecule is c1ccc(-c2c(N(c3ccc(-c4ccc5ccc6ccccc6c5c4)cc3)c3cccc4ccccc34)c3ccccc3c3ccccc23)cc1. The summed E-state index contributed by atoms with van der Waals surface area (Å²) in [7, 11) is 0. The average molecular weight is 648 g/mol. The Morgan fingerprint density at radius 3 is 1.53 bits per heavy atom. The van der Waals surface area contributed by atoms with E-state index in [1.165, 1.54) is 81.8 Å². The lowest BCUT2D eigenvalue weighted by Gasteiger charge is -2.31. The van der Waals surface area contributed by atoms with Crippen LogP contribution in [0.1, 0.15) is 0 Å². The molecule has 0 radical (unpaired) electrons. The quantitative estimate of drug-likeness (QED) is 0.168. The van der Waals surface area contributed by atoms with Crippen LogP contribution in [0.15, 0.2) is 200 Å². The predicted octanol–water partition coefficient (Wildman–Crippen LogP) is 14.3. The van der Waals surface area contributed by atoms with Gasteiger partial charge in [-0.1, -0.05) is 176 Å². The van der Waals surface area contributed by atoms with E-state index in [9.17, 15) is 0 Å². The number of fused-ring (bicyclic) bond motifs is 7. The Hall–Kier alpha value is -6.70. The second-order valence-corrected chi connectivity index (χ2v) is 13.3. The highest BCUT2D eigenvalue weighted by molar-refractivity contribution is 6.23. The van der Waals surface area contributed by atoms with Gasteiger partial charge < -0.3 is 4.90 Å². The maximum atomic E-state index is 2.50. The third kappa shape index (κ3) is 4.86. The van der Waals surface area contributed by atoms with E-state index in [2.05, 4.69) is 205 Å². The second-order valence-electron chi connectivity index (χ2n) is 13.3. The topological polar surface area (TPSA) is 3.24 Å². The molecule has 0 aromatic heterocycles. The largest absolute Gasteiger partial charge is 0.309 e. The van der Waals surface area contributed by atoms with Crippen LogP contribution < -0.4 is 4.90 Å². The number of anilines is 3. The van der Waals surface area contributed by atoms with Gasteiger partial charge in [-0.15, -0.1) is 0 Å². The van der Waals surface area contributed by atoms with Gasteiger partial charge in [0.15, 0.2) is 0 Å².